The summed E-state index contributed by atoms with van der Waals surface area (Å²) in [5, 5.41) is 3.20. The van der Waals surface area contributed by atoms with Crippen molar-refractivity contribution in [1.82, 2.24) is 4.98 Å². The summed E-state index contributed by atoms with van der Waals surface area (Å²) in [6, 6.07) is 2.01. The molecule has 0 fully saturated rings. The zero-order chi connectivity index (χ0) is 12.0. The Hall–Kier alpha value is -1.10. The highest BCUT2D eigenvalue weighted by Crippen LogP contribution is 2.20. The third kappa shape index (κ3) is 4.61. The summed E-state index contributed by atoms with van der Waals surface area (Å²) in [7, 11) is 0. The van der Waals surface area contributed by atoms with Gasteiger partial charge in [0.05, 0.1) is 4.47 Å². The lowest BCUT2D eigenvalue weighted by molar-refractivity contribution is -0.118. The lowest BCUT2D eigenvalue weighted by atomic mass is 10.2. The first-order valence-corrected chi connectivity index (χ1v) is 6.03. The highest BCUT2D eigenvalue weighted by molar-refractivity contribution is 9.10. The van der Waals surface area contributed by atoms with Gasteiger partial charge < -0.3 is 11.1 Å². The van der Waals surface area contributed by atoms with Gasteiger partial charge in [0.15, 0.2) is 0 Å². The Bertz CT molecular complexity index is 368. The van der Waals surface area contributed by atoms with Crippen LogP contribution in [-0.2, 0) is 4.79 Å². The SMILES string of the molecule is Cc1cnc(NCCCCC(N)=O)c(Br)c1. The van der Waals surface area contributed by atoms with E-state index in [4.69, 9.17) is 5.73 Å². The van der Waals surface area contributed by atoms with Gasteiger partial charge in [0.2, 0.25) is 5.91 Å². The van der Waals surface area contributed by atoms with Crippen molar-refractivity contribution < 1.29 is 4.79 Å². The van der Waals surface area contributed by atoms with Crippen LogP contribution in [0.3, 0.4) is 0 Å². The number of primary amides is 1. The number of rotatable bonds is 6. The summed E-state index contributed by atoms with van der Waals surface area (Å²) in [5.74, 6) is 0.597. The van der Waals surface area contributed by atoms with Crippen molar-refractivity contribution >= 4 is 27.7 Å². The molecule has 5 heteroatoms. The van der Waals surface area contributed by atoms with E-state index < -0.39 is 0 Å². The molecule has 1 aromatic rings. The van der Waals surface area contributed by atoms with Gasteiger partial charge in [0, 0.05) is 19.2 Å². The Kier molecular flexibility index (Phi) is 5.25. The molecule has 1 rings (SSSR count). The number of aromatic nitrogens is 1. The minimum absolute atomic E-state index is 0.241. The van der Waals surface area contributed by atoms with E-state index in [1.807, 2.05) is 19.2 Å². The minimum atomic E-state index is -0.241. The average Bonchev–Trinajstić information content (AvgIpc) is 2.20. The number of nitrogens with zero attached hydrogens (tertiary/aromatic N) is 1. The van der Waals surface area contributed by atoms with Crippen LogP contribution in [0.5, 0.6) is 0 Å². The Balaban J connectivity index is 2.29. The van der Waals surface area contributed by atoms with Gasteiger partial charge in [0.1, 0.15) is 5.82 Å². The fourth-order valence-electron chi connectivity index (χ4n) is 1.29. The van der Waals surface area contributed by atoms with Gasteiger partial charge in [-0.1, -0.05) is 0 Å². The van der Waals surface area contributed by atoms with Crippen molar-refractivity contribution in [3.8, 4) is 0 Å². The van der Waals surface area contributed by atoms with E-state index in [1.165, 1.54) is 0 Å². The molecule has 0 saturated heterocycles. The van der Waals surface area contributed by atoms with E-state index in [0.29, 0.717) is 6.42 Å². The number of hydrogen-bond acceptors (Lipinski definition) is 3. The summed E-state index contributed by atoms with van der Waals surface area (Å²) in [5.41, 5.74) is 6.16. The number of anilines is 1. The molecule has 0 aromatic carbocycles. The van der Waals surface area contributed by atoms with E-state index in [2.05, 4.69) is 26.2 Å². The molecule has 0 atom stereocenters. The number of aryl methyl sites for hydroxylation is 1. The lowest BCUT2D eigenvalue weighted by Crippen LogP contribution is -2.11. The molecule has 0 radical (unpaired) electrons. The maximum Gasteiger partial charge on any atom is 0.217 e. The number of pyridine rings is 1. The van der Waals surface area contributed by atoms with Crippen LogP contribution in [-0.4, -0.2) is 17.4 Å². The number of halogens is 1. The maximum atomic E-state index is 10.5. The first kappa shape index (κ1) is 13.0. The quantitative estimate of drug-likeness (QED) is 0.788. The van der Waals surface area contributed by atoms with Crippen LogP contribution < -0.4 is 11.1 Å². The van der Waals surface area contributed by atoms with Crippen LogP contribution in [0.15, 0.2) is 16.7 Å². The number of carbonyl (C=O) groups is 1. The molecule has 4 nitrogen and oxygen atoms in total. The first-order valence-electron chi connectivity index (χ1n) is 5.24. The van der Waals surface area contributed by atoms with Gasteiger partial charge in [-0.2, -0.15) is 0 Å². The van der Waals surface area contributed by atoms with E-state index in [1.54, 1.807) is 0 Å². The number of hydrogen-bond donors (Lipinski definition) is 2. The molecule has 0 bridgehead atoms. The standard InChI is InChI=1S/C11H16BrN3O/c1-8-6-9(12)11(15-7-8)14-5-3-2-4-10(13)16/h6-7H,2-5H2,1H3,(H2,13,16)(H,14,15). The number of nitrogens with two attached hydrogens (primary N) is 1. The number of unbranched alkanes of at least 4 members (excludes halogenated alkanes) is 1. The Morgan fingerprint density at radius 2 is 2.31 bits per heavy atom. The molecular formula is C11H16BrN3O. The molecule has 16 heavy (non-hydrogen) atoms. The van der Waals surface area contributed by atoms with Crippen molar-refractivity contribution in [3.05, 3.63) is 22.3 Å². The molecule has 0 aliphatic rings. The van der Waals surface area contributed by atoms with E-state index in [0.717, 1.165) is 35.2 Å². The fourth-order valence-corrected chi connectivity index (χ4v) is 1.90. The molecule has 3 N–H and O–H groups in total. The van der Waals surface area contributed by atoms with Gasteiger partial charge in [0.25, 0.3) is 0 Å². The molecule has 1 heterocycles. The minimum Gasteiger partial charge on any atom is -0.370 e. The van der Waals surface area contributed by atoms with Crippen LogP contribution in [0.1, 0.15) is 24.8 Å². The molecule has 0 unspecified atom stereocenters. The molecule has 1 aromatic heterocycles. The Labute approximate surface area is 104 Å². The summed E-state index contributed by atoms with van der Waals surface area (Å²) in [4.78, 5) is 14.8. The monoisotopic (exact) mass is 285 g/mol. The summed E-state index contributed by atoms with van der Waals surface area (Å²) in [6.07, 6.45) is 3.98. The number of carbonyl (C=O) groups excluding carboxylic acids is 1. The van der Waals surface area contributed by atoms with Crippen LogP contribution in [0.2, 0.25) is 0 Å². The average molecular weight is 286 g/mol. The molecule has 0 saturated carbocycles. The molecule has 88 valence electrons. The zero-order valence-electron chi connectivity index (χ0n) is 9.29. The van der Waals surface area contributed by atoms with Crippen molar-refractivity contribution in [2.75, 3.05) is 11.9 Å². The van der Waals surface area contributed by atoms with Crippen LogP contribution in [0.4, 0.5) is 5.82 Å². The van der Waals surface area contributed by atoms with Gasteiger partial charge in [-0.3, -0.25) is 4.79 Å². The Morgan fingerprint density at radius 3 is 2.94 bits per heavy atom. The van der Waals surface area contributed by atoms with Gasteiger partial charge >= 0.3 is 0 Å². The Morgan fingerprint density at radius 1 is 1.56 bits per heavy atom. The smallest absolute Gasteiger partial charge is 0.217 e. The summed E-state index contributed by atoms with van der Waals surface area (Å²) < 4.78 is 0.961. The number of amides is 1. The third-order valence-electron chi connectivity index (χ3n) is 2.12. The summed E-state index contributed by atoms with van der Waals surface area (Å²) in [6.45, 7) is 2.79. The summed E-state index contributed by atoms with van der Waals surface area (Å²) >= 11 is 3.44. The third-order valence-corrected chi connectivity index (χ3v) is 2.72. The molecular weight excluding hydrogens is 270 g/mol. The normalized spacial score (nSPS) is 10.1. The number of nitrogens with one attached hydrogen (secondary N) is 1. The van der Waals surface area contributed by atoms with Crippen molar-refractivity contribution in [2.24, 2.45) is 5.73 Å². The van der Waals surface area contributed by atoms with Crippen LogP contribution in [0.25, 0.3) is 0 Å². The van der Waals surface area contributed by atoms with Crippen LogP contribution in [0, 0.1) is 6.92 Å². The highest BCUT2D eigenvalue weighted by atomic mass is 79.9. The van der Waals surface area contributed by atoms with Gasteiger partial charge in [-0.25, -0.2) is 4.98 Å². The van der Waals surface area contributed by atoms with Crippen molar-refractivity contribution in [2.45, 2.75) is 26.2 Å². The van der Waals surface area contributed by atoms with Crippen molar-refractivity contribution in [3.63, 3.8) is 0 Å². The molecule has 0 aliphatic carbocycles. The van der Waals surface area contributed by atoms with E-state index >= 15 is 0 Å². The van der Waals surface area contributed by atoms with Gasteiger partial charge in [-0.05, 0) is 47.3 Å². The second kappa shape index (κ2) is 6.48. The molecule has 1 amide bonds. The second-order valence-corrected chi connectivity index (χ2v) is 4.55. The maximum absolute atomic E-state index is 10.5. The first-order chi connectivity index (χ1) is 7.59. The lowest BCUT2D eigenvalue weighted by Gasteiger charge is -2.07. The topological polar surface area (TPSA) is 68.0 Å². The zero-order valence-corrected chi connectivity index (χ0v) is 10.9. The fraction of sp³-hybridized carbons (Fsp3) is 0.455. The molecule has 0 spiro atoms. The predicted molar refractivity (Wildman–Crippen MR) is 68.2 cm³/mol. The highest BCUT2D eigenvalue weighted by Gasteiger charge is 2.00. The van der Waals surface area contributed by atoms with E-state index in [9.17, 15) is 4.79 Å². The second-order valence-electron chi connectivity index (χ2n) is 3.69. The van der Waals surface area contributed by atoms with Gasteiger partial charge in [-0.15, -0.1) is 0 Å². The largest absolute Gasteiger partial charge is 0.370 e. The van der Waals surface area contributed by atoms with Crippen LogP contribution >= 0.6 is 15.9 Å². The van der Waals surface area contributed by atoms with E-state index in [-0.39, 0.29) is 5.91 Å². The molecule has 0 aliphatic heterocycles. The predicted octanol–water partition coefficient (Wildman–Crippen LogP) is 2.22. The van der Waals surface area contributed by atoms with Crippen molar-refractivity contribution in [1.29, 1.82) is 0 Å².